The number of amides is 1. The number of nitrogens with zero attached hydrogens (tertiary/aromatic N) is 1. The maximum atomic E-state index is 12.5. The molecule has 0 aliphatic heterocycles. The second kappa shape index (κ2) is 7.66. The van der Waals surface area contributed by atoms with Crippen molar-refractivity contribution in [3.63, 3.8) is 0 Å². The number of rotatable bonds is 8. The summed E-state index contributed by atoms with van der Waals surface area (Å²) in [4.78, 5) is 14.2. The van der Waals surface area contributed by atoms with E-state index >= 15 is 0 Å². The molecular weight excluding hydrogens is 288 g/mol. The first-order valence-electron chi connectivity index (χ1n) is 7.48. The Kier molecular flexibility index (Phi) is 5.88. The molecule has 0 aromatic heterocycles. The van der Waals surface area contributed by atoms with Crippen molar-refractivity contribution in [2.45, 2.75) is 19.8 Å². The summed E-state index contributed by atoms with van der Waals surface area (Å²) >= 11 is 6.01. The van der Waals surface area contributed by atoms with Gasteiger partial charge in [-0.3, -0.25) is 4.79 Å². The zero-order chi connectivity index (χ0) is 15.2. The summed E-state index contributed by atoms with van der Waals surface area (Å²) in [6.45, 7) is 4.75. The Morgan fingerprint density at radius 2 is 2.24 bits per heavy atom. The van der Waals surface area contributed by atoms with Crippen LogP contribution in [0.15, 0.2) is 18.2 Å². The van der Waals surface area contributed by atoms with Crippen molar-refractivity contribution in [2.24, 2.45) is 5.92 Å². The highest BCUT2D eigenvalue weighted by molar-refractivity contribution is 6.31. The van der Waals surface area contributed by atoms with Crippen molar-refractivity contribution in [1.29, 1.82) is 0 Å². The molecule has 1 amide bonds. The third-order valence-corrected chi connectivity index (χ3v) is 3.78. The minimum absolute atomic E-state index is 0.0385. The largest absolute Gasteiger partial charge is 0.385 e. The lowest BCUT2D eigenvalue weighted by molar-refractivity contribution is 0.0682. The Bertz CT molecular complexity index is 489. The molecule has 0 spiro atoms. The zero-order valence-corrected chi connectivity index (χ0v) is 13.4. The number of likely N-dealkylation sites (N-methyl/N-ethyl adjacent to an activating group) is 1. The molecule has 1 aliphatic carbocycles. The molecule has 1 aliphatic rings. The molecule has 0 unspecified atom stereocenters. The van der Waals surface area contributed by atoms with Crippen molar-refractivity contribution < 1.29 is 9.53 Å². The van der Waals surface area contributed by atoms with Crippen LogP contribution in [-0.4, -0.2) is 44.2 Å². The lowest BCUT2D eigenvalue weighted by Crippen LogP contribution is -2.31. The van der Waals surface area contributed by atoms with Gasteiger partial charge in [-0.2, -0.15) is 0 Å². The van der Waals surface area contributed by atoms with E-state index in [4.69, 9.17) is 16.3 Å². The van der Waals surface area contributed by atoms with Gasteiger partial charge in [0.1, 0.15) is 0 Å². The standard InChI is InChI=1S/C16H23ClN2O2/c1-3-18-15-7-6-13(17)10-14(15)16(20)19(2)8-9-21-11-12-4-5-12/h6-7,10,12,18H,3-5,8-9,11H2,1-2H3. The number of benzene rings is 1. The van der Waals surface area contributed by atoms with E-state index < -0.39 is 0 Å². The van der Waals surface area contributed by atoms with Gasteiger partial charge in [0, 0.05) is 37.5 Å². The van der Waals surface area contributed by atoms with Crippen LogP contribution in [0.3, 0.4) is 0 Å². The Balaban J connectivity index is 1.91. The molecule has 0 bridgehead atoms. The van der Waals surface area contributed by atoms with E-state index in [1.54, 1.807) is 24.1 Å². The zero-order valence-electron chi connectivity index (χ0n) is 12.7. The first kappa shape index (κ1) is 16.1. The third-order valence-electron chi connectivity index (χ3n) is 3.55. The minimum atomic E-state index is -0.0385. The fourth-order valence-corrected chi connectivity index (χ4v) is 2.25. The fourth-order valence-electron chi connectivity index (χ4n) is 2.08. The maximum absolute atomic E-state index is 12.5. The van der Waals surface area contributed by atoms with Gasteiger partial charge in [0.05, 0.1) is 12.2 Å². The average molecular weight is 311 g/mol. The number of hydrogen-bond acceptors (Lipinski definition) is 3. The van der Waals surface area contributed by atoms with Gasteiger partial charge < -0.3 is 15.0 Å². The number of carbonyl (C=O) groups excluding carboxylic acids is 1. The second-order valence-corrected chi connectivity index (χ2v) is 5.90. The first-order valence-corrected chi connectivity index (χ1v) is 7.86. The SMILES string of the molecule is CCNc1ccc(Cl)cc1C(=O)N(C)CCOCC1CC1. The highest BCUT2D eigenvalue weighted by Gasteiger charge is 2.21. The molecule has 1 aromatic carbocycles. The lowest BCUT2D eigenvalue weighted by Gasteiger charge is -2.19. The second-order valence-electron chi connectivity index (χ2n) is 5.47. The first-order chi connectivity index (χ1) is 10.1. The van der Waals surface area contributed by atoms with Crippen LogP contribution in [0.4, 0.5) is 5.69 Å². The topological polar surface area (TPSA) is 41.6 Å². The van der Waals surface area contributed by atoms with Crippen LogP contribution in [0, 0.1) is 5.92 Å². The van der Waals surface area contributed by atoms with E-state index in [0.717, 1.165) is 24.8 Å². The molecule has 0 radical (unpaired) electrons. The number of ether oxygens (including phenoxy) is 1. The predicted molar refractivity (Wildman–Crippen MR) is 86.1 cm³/mol. The van der Waals surface area contributed by atoms with Crippen molar-refractivity contribution in [2.75, 3.05) is 38.7 Å². The van der Waals surface area contributed by atoms with E-state index in [1.165, 1.54) is 12.8 Å². The summed E-state index contributed by atoms with van der Waals surface area (Å²) in [5.41, 5.74) is 1.42. The molecular formula is C16H23ClN2O2. The van der Waals surface area contributed by atoms with Crippen LogP contribution in [0.2, 0.25) is 5.02 Å². The minimum Gasteiger partial charge on any atom is -0.385 e. The molecule has 0 atom stereocenters. The van der Waals surface area contributed by atoms with Crippen molar-refractivity contribution in [3.8, 4) is 0 Å². The van der Waals surface area contributed by atoms with Gasteiger partial charge in [0.25, 0.3) is 5.91 Å². The van der Waals surface area contributed by atoms with Crippen LogP contribution >= 0.6 is 11.6 Å². The van der Waals surface area contributed by atoms with Crippen molar-refractivity contribution in [3.05, 3.63) is 28.8 Å². The monoisotopic (exact) mass is 310 g/mol. The normalized spacial score (nSPS) is 14.0. The van der Waals surface area contributed by atoms with Gasteiger partial charge in [-0.25, -0.2) is 0 Å². The fraction of sp³-hybridized carbons (Fsp3) is 0.562. The molecule has 0 heterocycles. The highest BCUT2D eigenvalue weighted by atomic mass is 35.5. The molecule has 1 fully saturated rings. The summed E-state index contributed by atoms with van der Waals surface area (Å²) in [5.74, 6) is 0.711. The average Bonchev–Trinajstić information content (AvgIpc) is 3.29. The molecule has 21 heavy (non-hydrogen) atoms. The van der Waals surface area contributed by atoms with Gasteiger partial charge in [-0.05, 0) is 43.9 Å². The predicted octanol–water partition coefficient (Wildman–Crippen LogP) is 3.27. The van der Waals surface area contributed by atoms with Gasteiger partial charge in [-0.15, -0.1) is 0 Å². The lowest BCUT2D eigenvalue weighted by atomic mass is 10.1. The number of halogens is 1. The molecule has 4 nitrogen and oxygen atoms in total. The summed E-state index contributed by atoms with van der Waals surface area (Å²) in [6, 6.07) is 5.34. The van der Waals surface area contributed by atoms with Gasteiger partial charge in [0.15, 0.2) is 0 Å². The summed E-state index contributed by atoms with van der Waals surface area (Å²) in [6.07, 6.45) is 2.56. The quantitative estimate of drug-likeness (QED) is 0.749. The Morgan fingerprint density at radius 3 is 2.90 bits per heavy atom. The molecule has 1 N–H and O–H groups in total. The molecule has 1 aromatic rings. The van der Waals surface area contributed by atoms with Crippen LogP contribution in [0.1, 0.15) is 30.1 Å². The van der Waals surface area contributed by atoms with Gasteiger partial charge in [0.2, 0.25) is 0 Å². The van der Waals surface area contributed by atoms with E-state index in [0.29, 0.717) is 23.7 Å². The number of hydrogen-bond donors (Lipinski definition) is 1. The van der Waals surface area contributed by atoms with Crippen LogP contribution < -0.4 is 5.32 Å². The van der Waals surface area contributed by atoms with E-state index in [9.17, 15) is 4.79 Å². The third kappa shape index (κ3) is 4.90. The molecule has 0 saturated heterocycles. The van der Waals surface area contributed by atoms with Gasteiger partial charge in [-0.1, -0.05) is 11.6 Å². The number of carbonyl (C=O) groups is 1. The van der Waals surface area contributed by atoms with E-state index in [2.05, 4.69) is 5.32 Å². The van der Waals surface area contributed by atoms with Crippen LogP contribution in [0.25, 0.3) is 0 Å². The van der Waals surface area contributed by atoms with Crippen molar-refractivity contribution >= 4 is 23.2 Å². The molecule has 1 saturated carbocycles. The smallest absolute Gasteiger partial charge is 0.255 e. The van der Waals surface area contributed by atoms with Crippen molar-refractivity contribution in [1.82, 2.24) is 4.90 Å². The number of nitrogens with one attached hydrogen (secondary N) is 1. The molecule has 116 valence electrons. The Morgan fingerprint density at radius 1 is 1.48 bits per heavy atom. The van der Waals surface area contributed by atoms with Gasteiger partial charge >= 0.3 is 0 Å². The van der Waals surface area contributed by atoms with E-state index in [-0.39, 0.29) is 5.91 Å². The van der Waals surface area contributed by atoms with E-state index in [1.807, 2.05) is 13.0 Å². The summed E-state index contributed by atoms with van der Waals surface area (Å²) in [7, 11) is 1.79. The number of anilines is 1. The molecule has 2 rings (SSSR count). The van der Waals surface area contributed by atoms with Crippen LogP contribution in [0.5, 0.6) is 0 Å². The molecule has 5 heteroatoms. The summed E-state index contributed by atoms with van der Waals surface area (Å²) < 4.78 is 5.58. The van der Waals surface area contributed by atoms with Crippen LogP contribution in [-0.2, 0) is 4.74 Å². The highest BCUT2D eigenvalue weighted by Crippen LogP contribution is 2.28. The summed E-state index contributed by atoms with van der Waals surface area (Å²) in [5, 5.41) is 3.76. The Labute approximate surface area is 131 Å². The maximum Gasteiger partial charge on any atom is 0.255 e. The Hall–Kier alpha value is -1.26.